The van der Waals surface area contributed by atoms with Crippen LogP contribution in [0.3, 0.4) is 0 Å². The number of hydrogen-bond acceptors (Lipinski definition) is 3. The lowest BCUT2D eigenvalue weighted by atomic mass is 10.00. The summed E-state index contributed by atoms with van der Waals surface area (Å²) < 4.78 is 6.22. The van der Waals surface area contributed by atoms with Gasteiger partial charge < -0.3 is 14.8 Å². The van der Waals surface area contributed by atoms with Gasteiger partial charge in [0, 0.05) is 12.6 Å². The van der Waals surface area contributed by atoms with Gasteiger partial charge in [0.2, 0.25) is 0 Å². The van der Waals surface area contributed by atoms with Gasteiger partial charge >= 0.3 is 0 Å². The summed E-state index contributed by atoms with van der Waals surface area (Å²) in [6.45, 7) is 1.08. The fraction of sp³-hybridized carbons (Fsp3) is 0.667. The number of furan rings is 1. The topological polar surface area (TPSA) is 45.4 Å². The van der Waals surface area contributed by atoms with Crippen molar-refractivity contribution in [3.63, 3.8) is 0 Å². The highest BCUT2D eigenvalue weighted by Gasteiger charge is 2.26. The quantitative estimate of drug-likeness (QED) is 0.875. The number of aliphatic hydroxyl groups is 1. The van der Waals surface area contributed by atoms with Gasteiger partial charge in [0.25, 0.3) is 0 Å². The van der Waals surface area contributed by atoms with Crippen LogP contribution in [0.1, 0.15) is 31.4 Å². The minimum atomic E-state index is 0.301. The van der Waals surface area contributed by atoms with Gasteiger partial charge in [0.15, 0.2) is 4.67 Å². The highest BCUT2D eigenvalue weighted by molar-refractivity contribution is 9.10. The molecule has 0 saturated heterocycles. The van der Waals surface area contributed by atoms with Crippen molar-refractivity contribution in [2.75, 3.05) is 6.61 Å². The zero-order valence-corrected chi connectivity index (χ0v) is 10.9. The van der Waals surface area contributed by atoms with E-state index in [9.17, 15) is 0 Å². The minimum absolute atomic E-state index is 0.301. The van der Waals surface area contributed by atoms with Crippen molar-refractivity contribution in [2.45, 2.75) is 38.3 Å². The van der Waals surface area contributed by atoms with Crippen molar-refractivity contribution in [1.82, 2.24) is 5.32 Å². The fourth-order valence-corrected chi connectivity index (χ4v) is 2.84. The molecule has 3 nitrogen and oxygen atoms in total. The summed E-state index contributed by atoms with van der Waals surface area (Å²) in [4.78, 5) is 0. The van der Waals surface area contributed by atoms with Gasteiger partial charge in [0.1, 0.15) is 5.76 Å². The van der Waals surface area contributed by atoms with Crippen molar-refractivity contribution < 1.29 is 9.52 Å². The zero-order valence-electron chi connectivity index (χ0n) is 9.29. The minimum Gasteiger partial charge on any atom is -0.453 e. The second-order valence-electron chi connectivity index (χ2n) is 4.40. The Morgan fingerprint density at radius 1 is 1.44 bits per heavy atom. The standard InChI is InChI=1S/C12H18BrNO2/c13-12-5-4-10(16-12)8-14-11-3-1-2-9(11)6-7-15/h4-5,9,11,14-15H,1-3,6-8H2. The normalized spacial score (nSPS) is 25.1. The lowest BCUT2D eigenvalue weighted by molar-refractivity contribution is 0.240. The summed E-state index contributed by atoms with van der Waals surface area (Å²) in [6.07, 6.45) is 4.64. The molecule has 0 aliphatic heterocycles. The Balaban J connectivity index is 1.80. The lowest BCUT2D eigenvalue weighted by Gasteiger charge is -2.19. The molecule has 0 amide bonds. The molecule has 16 heavy (non-hydrogen) atoms. The van der Waals surface area contributed by atoms with E-state index in [0.717, 1.165) is 23.4 Å². The van der Waals surface area contributed by atoms with E-state index in [4.69, 9.17) is 9.52 Å². The van der Waals surface area contributed by atoms with Crippen LogP contribution >= 0.6 is 15.9 Å². The van der Waals surface area contributed by atoms with Gasteiger partial charge in [-0.05, 0) is 53.2 Å². The van der Waals surface area contributed by atoms with Gasteiger partial charge in [-0.2, -0.15) is 0 Å². The molecule has 1 aromatic rings. The molecule has 1 fully saturated rings. The molecule has 2 N–H and O–H groups in total. The van der Waals surface area contributed by atoms with Crippen LogP contribution in [0, 0.1) is 5.92 Å². The van der Waals surface area contributed by atoms with Crippen molar-refractivity contribution in [3.05, 3.63) is 22.6 Å². The first-order chi connectivity index (χ1) is 7.79. The van der Waals surface area contributed by atoms with Crippen LogP contribution < -0.4 is 5.32 Å². The third kappa shape index (κ3) is 3.09. The maximum Gasteiger partial charge on any atom is 0.169 e. The number of nitrogens with one attached hydrogen (secondary N) is 1. The summed E-state index contributed by atoms with van der Waals surface area (Å²) in [6, 6.07) is 4.43. The largest absolute Gasteiger partial charge is 0.453 e. The Bertz CT molecular complexity index is 327. The van der Waals surface area contributed by atoms with Crippen LogP contribution in [0.4, 0.5) is 0 Å². The predicted molar refractivity (Wildman–Crippen MR) is 66.1 cm³/mol. The smallest absolute Gasteiger partial charge is 0.169 e. The molecule has 2 unspecified atom stereocenters. The molecule has 1 aliphatic rings. The summed E-state index contributed by atoms with van der Waals surface area (Å²) in [5.74, 6) is 1.59. The van der Waals surface area contributed by atoms with E-state index < -0.39 is 0 Å². The van der Waals surface area contributed by atoms with Gasteiger partial charge in [-0.15, -0.1) is 0 Å². The molecule has 2 atom stereocenters. The Kier molecular flexibility index (Phi) is 4.44. The van der Waals surface area contributed by atoms with Crippen molar-refractivity contribution in [2.24, 2.45) is 5.92 Å². The second kappa shape index (κ2) is 5.84. The SMILES string of the molecule is OCCC1CCCC1NCc1ccc(Br)o1. The van der Waals surface area contributed by atoms with Gasteiger partial charge in [0.05, 0.1) is 6.54 Å². The fourth-order valence-electron chi connectivity index (χ4n) is 2.50. The molecule has 0 aromatic carbocycles. The predicted octanol–water partition coefficient (Wildman–Crippen LogP) is 2.68. The van der Waals surface area contributed by atoms with Crippen molar-refractivity contribution in [3.8, 4) is 0 Å². The van der Waals surface area contributed by atoms with Gasteiger partial charge in [-0.3, -0.25) is 0 Å². The third-order valence-electron chi connectivity index (χ3n) is 3.33. The average molecular weight is 288 g/mol. The van der Waals surface area contributed by atoms with Crippen LogP contribution in [-0.2, 0) is 6.54 Å². The highest BCUT2D eigenvalue weighted by atomic mass is 79.9. The molecule has 1 aliphatic carbocycles. The van der Waals surface area contributed by atoms with E-state index in [2.05, 4.69) is 21.2 Å². The highest BCUT2D eigenvalue weighted by Crippen LogP contribution is 2.28. The van der Waals surface area contributed by atoms with Crippen molar-refractivity contribution >= 4 is 15.9 Å². The third-order valence-corrected chi connectivity index (χ3v) is 3.75. The Morgan fingerprint density at radius 2 is 2.31 bits per heavy atom. The van der Waals surface area contributed by atoms with Crippen molar-refractivity contribution in [1.29, 1.82) is 0 Å². The van der Waals surface area contributed by atoms with Gasteiger partial charge in [-0.25, -0.2) is 0 Å². The molecule has 90 valence electrons. The monoisotopic (exact) mass is 287 g/mol. The number of aliphatic hydroxyl groups excluding tert-OH is 1. The first-order valence-corrected chi connectivity index (χ1v) is 6.67. The maximum absolute atomic E-state index is 8.98. The number of hydrogen-bond donors (Lipinski definition) is 2. The van der Waals surface area contributed by atoms with Crippen LogP contribution in [0.2, 0.25) is 0 Å². The molecule has 0 radical (unpaired) electrons. The van der Waals surface area contributed by atoms with Gasteiger partial charge in [-0.1, -0.05) is 6.42 Å². The van der Waals surface area contributed by atoms with Crippen LogP contribution in [0.25, 0.3) is 0 Å². The number of halogens is 1. The van der Waals surface area contributed by atoms with E-state index in [1.54, 1.807) is 0 Å². The molecule has 1 aromatic heterocycles. The average Bonchev–Trinajstić information content (AvgIpc) is 2.85. The Labute approximate surface area is 104 Å². The molecule has 1 heterocycles. The molecule has 1 saturated carbocycles. The first-order valence-electron chi connectivity index (χ1n) is 5.88. The lowest BCUT2D eigenvalue weighted by Crippen LogP contribution is -2.32. The van der Waals surface area contributed by atoms with E-state index in [1.165, 1.54) is 19.3 Å². The van der Waals surface area contributed by atoms with E-state index in [0.29, 0.717) is 18.6 Å². The first kappa shape index (κ1) is 12.1. The molecule has 0 spiro atoms. The Hall–Kier alpha value is -0.320. The van der Waals surface area contributed by atoms with Crippen LogP contribution in [0.15, 0.2) is 21.2 Å². The zero-order chi connectivity index (χ0) is 11.4. The summed E-state index contributed by atoms with van der Waals surface area (Å²) in [7, 11) is 0. The summed E-state index contributed by atoms with van der Waals surface area (Å²) in [5, 5.41) is 12.5. The molecular formula is C12H18BrNO2. The van der Waals surface area contributed by atoms with E-state index in [-0.39, 0.29) is 0 Å². The molecule has 4 heteroatoms. The summed E-state index contributed by atoms with van der Waals surface area (Å²) >= 11 is 3.29. The molecule has 2 rings (SSSR count). The molecular weight excluding hydrogens is 270 g/mol. The maximum atomic E-state index is 8.98. The molecule has 0 bridgehead atoms. The van der Waals surface area contributed by atoms with Crippen LogP contribution in [0.5, 0.6) is 0 Å². The second-order valence-corrected chi connectivity index (χ2v) is 5.18. The van der Waals surface area contributed by atoms with E-state index >= 15 is 0 Å². The number of rotatable bonds is 5. The van der Waals surface area contributed by atoms with E-state index in [1.807, 2.05) is 12.1 Å². The Morgan fingerprint density at radius 3 is 3.00 bits per heavy atom. The van der Waals surface area contributed by atoms with Crippen LogP contribution in [-0.4, -0.2) is 17.8 Å². The summed E-state index contributed by atoms with van der Waals surface area (Å²) in [5.41, 5.74) is 0.